The van der Waals surface area contributed by atoms with E-state index in [1.165, 1.54) is 29.9 Å². The molecule has 0 bridgehead atoms. The molecule has 1 unspecified atom stereocenters. The van der Waals surface area contributed by atoms with E-state index in [1.54, 1.807) is 31.2 Å². The van der Waals surface area contributed by atoms with Crippen molar-refractivity contribution in [3.8, 4) is 5.75 Å². The zero-order valence-corrected chi connectivity index (χ0v) is 15.5. The van der Waals surface area contributed by atoms with E-state index in [4.69, 9.17) is 9.47 Å². The topological polar surface area (TPSA) is 69.9 Å². The molecular weight excluding hydrogens is 371 g/mol. The number of benzene rings is 2. The Kier molecular flexibility index (Phi) is 5.66. The van der Waals surface area contributed by atoms with Crippen LogP contribution in [-0.2, 0) is 20.9 Å². The summed E-state index contributed by atoms with van der Waals surface area (Å²) in [5.74, 6) is -0.868. The van der Waals surface area contributed by atoms with Gasteiger partial charge in [-0.1, -0.05) is 29.5 Å². The van der Waals surface area contributed by atoms with E-state index in [9.17, 15) is 14.0 Å². The van der Waals surface area contributed by atoms with Crippen LogP contribution in [0.1, 0.15) is 6.92 Å². The van der Waals surface area contributed by atoms with Crippen molar-refractivity contribution in [1.82, 2.24) is 4.57 Å². The highest BCUT2D eigenvalue weighted by atomic mass is 32.1. The van der Waals surface area contributed by atoms with Crippen LogP contribution in [0.3, 0.4) is 0 Å². The Hall–Kier alpha value is -3.00. The first-order chi connectivity index (χ1) is 13.0. The summed E-state index contributed by atoms with van der Waals surface area (Å²) < 4.78 is 25.9. The molecule has 6 nitrogen and oxygen atoms in total. The maximum absolute atomic E-state index is 13.5. The quantitative estimate of drug-likeness (QED) is 0.630. The van der Waals surface area contributed by atoms with Crippen LogP contribution in [0.15, 0.2) is 53.5 Å². The normalized spacial score (nSPS) is 12.8. The van der Waals surface area contributed by atoms with E-state index in [0.717, 1.165) is 11.3 Å². The minimum absolute atomic E-state index is 0.137. The van der Waals surface area contributed by atoms with E-state index in [2.05, 4.69) is 4.99 Å². The van der Waals surface area contributed by atoms with Crippen LogP contribution in [0.5, 0.6) is 5.75 Å². The lowest BCUT2D eigenvalue weighted by molar-refractivity contribution is -0.141. The van der Waals surface area contributed by atoms with Crippen molar-refractivity contribution >= 4 is 33.4 Å². The van der Waals surface area contributed by atoms with Gasteiger partial charge in [-0.05, 0) is 37.3 Å². The molecule has 1 amide bonds. The molecule has 2 aromatic carbocycles. The number of hydrogen-bond donors (Lipinski definition) is 0. The monoisotopic (exact) mass is 388 g/mol. The fourth-order valence-corrected chi connectivity index (χ4v) is 3.48. The van der Waals surface area contributed by atoms with Crippen LogP contribution in [0.2, 0.25) is 0 Å². The van der Waals surface area contributed by atoms with Gasteiger partial charge in [0.25, 0.3) is 5.91 Å². The minimum Gasteiger partial charge on any atom is -0.481 e. The number of esters is 1. The van der Waals surface area contributed by atoms with Crippen molar-refractivity contribution in [1.29, 1.82) is 0 Å². The highest BCUT2D eigenvalue weighted by Gasteiger charge is 2.16. The zero-order valence-electron chi connectivity index (χ0n) is 14.7. The summed E-state index contributed by atoms with van der Waals surface area (Å²) >= 11 is 1.11. The molecule has 0 aliphatic rings. The molecule has 3 rings (SSSR count). The second-order valence-corrected chi connectivity index (χ2v) is 6.69. The fraction of sp³-hybridized carbons (Fsp3) is 0.211. The number of methoxy groups -OCH3 is 1. The highest BCUT2D eigenvalue weighted by Crippen LogP contribution is 2.19. The van der Waals surface area contributed by atoms with Crippen LogP contribution in [0, 0.1) is 5.82 Å². The van der Waals surface area contributed by atoms with Gasteiger partial charge in [-0.25, -0.2) is 4.39 Å². The van der Waals surface area contributed by atoms with Gasteiger partial charge in [0.15, 0.2) is 10.9 Å². The SMILES string of the molecule is COC(=O)Cn1c(=NC(=O)C(C)Oc2ccccc2)sc2cc(F)ccc21. The molecule has 0 spiro atoms. The van der Waals surface area contributed by atoms with Crippen LogP contribution >= 0.6 is 11.3 Å². The van der Waals surface area contributed by atoms with Crippen molar-refractivity contribution in [3.63, 3.8) is 0 Å². The molecule has 0 saturated carbocycles. The van der Waals surface area contributed by atoms with Crippen molar-refractivity contribution in [2.75, 3.05) is 7.11 Å². The molecule has 0 N–H and O–H groups in total. The van der Waals surface area contributed by atoms with Gasteiger partial charge in [-0.15, -0.1) is 0 Å². The molecule has 3 aromatic rings. The van der Waals surface area contributed by atoms with Crippen LogP contribution in [-0.4, -0.2) is 29.7 Å². The van der Waals surface area contributed by atoms with E-state index < -0.39 is 23.8 Å². The fourth-order valence-electron chi connectivity index (χ4n) is 2.42. The van der Waals surface area contributed by atoms with Gasteiger partial charge in [0, 0.05) is 0 Å². The molecule has 0 saturated heterocycles. The standard InChI is InChI=1S/C19H17FN2O4S/c1-12(26-14-6-4-3-5-7-14)18(24)21-19-22(11-17(23)25-2)15-9-8-13(20)10-16(15)27-19/h3-10,12H,11H2,1-2H3. The third kappa shape index (κ3) is 4.40. The second kappa shape index (κ2) is 8.13. The number of carbonyl (C=O) groups excluding carboxylic acids is 2. The molecule has 0 aliphatic carbocycles. The molecule has 0 fully saturated rings. The van der Waals surface area contributed by atoms with Gasteiger partial charge in [0.2, 0.25) is 0 Å². The van der Waals surface area contributed by atoms with Crippen molar-refractivity contribution in [2.45, 2.75) is 19.6 Å². The summed E-state index contributed by atoms with van der Waals surface area (Å²) in [6.07, 6.45) is -0.819. The molecule has 0 aliphatic heterocycles. The van der Waals surface area contributed by atoms with E-state index >= 15 is 0 Å². The Balaban J connectivity index is 1.97. The minimum atomic E-state index is -0.819. The number of nitrogens with zero attached hydrogens (tertiary/aromatic N) is 2. The average Bonchev–Trinajstić information content (AvgIpc) is 2.98. The van der Waals surface area contributed by atoms with E-state index in [0.29, 0.717) is 16.0 Å². The first-order valence-electron chi connectivity index (χ1n) is 8.14. The van der Waals surface area contributed by atoms with Gasteiger partial charge >= 0.3 is 5.97 Å². The van der Waals surface area contributed by atoms with Crippen molar-refractivity contribution in [2.24, 2.45) is 4.99 Å². The zero-order chi connectivity index (χ0) is 19.4. The molecule has 140 valence electrons. The number of carbonyl (C=O) groups is 2. The Labute approximate surface area is 158 Å². The van der Waals surface area contributed by atoms with Crippen LogP contribution < -0.4 is 9.54 Å². The van der Waals surface area contributed by atoms with Gasteiger partial charge in [-0.2, -0.15) is 4.99 Å². The summed E-state index contributed by atoms with van der Waals surface area (Å²) in [4.78, 5) is 28.6. The lowest BCUT2D eigenvalue weighted by atomic mass is 10.3. The number of hydrogen-bond acceptors (Lipinski definition) is 5. The first-order valence-corrected chi connectivity index (χ1v) is 8.95. The smallest absolute Gasteiger partial charge is 0.325 e. The van der Waals surface area contributed by atoms with Crippen LogP contribution in [0.25, 0.3) is 10.2 Å². The van der Waals surface area contributed by atoms with Crippen molar-refractivity contribution in [3.05, 3.63) is 59.1 Å². The molecule has 27 heavy (non-hydrogen) atoms. The molecule has 1 aromatic heterocycles. The number of aromatic nitrogens is 1. The van der Waals surface area contributed by atoms with E-state index in [-0.39, 0.29) is 11.3 Å². The van der Waals surface area contributed by atoms with Crippen molar-refractivity contribution < 1.29 is 23.5 Å². The third-order valence-electron chi connectivity index (χ3n) is 3.77. The lowest BCUT2D eigenvalue weighted by Gasteiger charge is -2.10. The lowest BCUT2D eigenvalue weighted by Crippen LogP contribution is -2.27. The van der Waals surface area contributed by atoms with Gasteiger partial charge in [0.05, 0.1) is 17.3 Å². The second-order valence-electron chi connectivity index (χ2n) is 5.68. The Bertz CT molecular complexity index is 1040. The van der Waals surface area contributed by atoms with Gasteiger partial charge < -0.3 is 14.0 Å². The predicted molar refractivity (Wildman–Crippen MR) is 98.9 cm³/mol. The maximum atomic E-state index is 13.5. The number of rotatable bonds is 5. The number of para-hydroxylation sites is 1. The molecule has 1 atom stereocenters. The summed E-state index contributed by atoms with van der Waals surface area (Å²) in [6, 6.07) is 13.1. The Morgan fingerprint density at radius 3 is 2.67 bits per heavy atom. The number of amides is 1. The summed E-state index contributed by atoms with van der Waals surface area (Å²) in [5.41, 5.74) is 0.593. The summed E-state index contributed by atoms with van der Waals surface area (Å²) in [5, 5.41) is 0. The molecule has 8 heteroatoms. The van der Waals surface area contributed by atoms with E-state index in [1.807, 2.05) is 6.07 Å². The van der Waals surface area contributed by atoms with Crippen LogP contribution in [0.4, 0.5) is 4.39 Å². The van der Waals surface area contributed by atoms with Gasteiger partial charge in [0.1, 0.15) is 18.1 Å². The third-order valence-corrected chi connectivity index (χ3v) is 4.81. The molecular formula is C19H17FN2O4S. The van der Waals surface area contributed by atoms with Gasteiger partial charge in [-0.3, -0.25) is 9.59 Å². The Morgan fingerprint density at radius 1 is 1.22 bits per heavy atom. The predicted octanol–water partition coefficient (Wildman–Crippen LogP) is 2.91. The highest BCUT2D eigenvalue weighted by molar-refractivity contribution is 7.16. The molecule has 1 heterocycles. The first kappa shape index (κ1) is 18.8. The number of fused-ring (bicyclic) bond motifs is 1. The molecule has 0 radical (unpaired) electrons. The summed E-state index contributed by atoms with van der Waals surface area (Å²) in [6.45, 7) is 1.46. The maximum Gasteiger partial charge on any atom is 0.325 e. The summed E-state index contributed by atoms with van der Waals surface area (Å²) in [7, 11) is 1.27. The largest absolute Gasteiger partial charge is 0.481 e. The number of thiazole rings is 1. The Morgan fingerprint density at radius 2 is 1.96 bits per heavy atom. The number of ether oxygens (including phenoxy) is 2. The average molecular weight is 388 g/mol. The number of halogens is 1.